The largest absolute Gasteiger partial charge is 0.325 e. The van der Waals surface area contributed by atoms with E-state index >= 15 is 0 Å². The van der Waals surface area contributed by atoms with Gasteiger partial charge in [0.2, 0.25) is 5.91 Å². The van der Waals surface area contributed by atoms with Gasteiger partial charge < -0.3 is 10.6 Å². The zero-order valence-corrected chi connectivity index (χ0v) is 10.4. The number of halogens is 3. The molecule has 2 rings (SSSR count). The Hall–Kier alpha value is -1.01. The van der Waals surface area contributed by atoms with Crippen LogP contribution in [0.4, 0.5) is 14.5 Å². The van der Waals surface area contributed by atoms with Gasteiger partial charge in [0.1, 0.15) is 12.0 Å². The molecule has 1 aromatic carbocycles. The van der Waals surface area contributed by atoms with Crippen molar-refractivity contribution in [1.29, 1.82) is 0 Å². The van der Waals surface area contributed by atoms with Gasteiger partial charge >= 0.3 is 0 Å². The monoisotopic (exact) mass is 304 g/mol. The smallest absolute Gasteiger partial charge is 0.241 e. The van der Waals surface area contributed by atoms with E-state index in [9.17, 15) is 13.6 Å². The van der Waals surface area contributed by atoms with E-state index in [-0.39, 0.29) is 23.3 Å². The SMILES string of the molecule is O=C(Nc1ccc(F)c(Br)c1)C1CC(F)CN1. The van der Waals surface area contributed by atoms with Gasteiger partial charge in [-0.2, -0.15) is 0 Å². The summed E-state index contributed by atoms with van der Waals surface area (Å²) in [6.45, 7) is 0.200. The number of anilines is 1. The molecule has 1 aliphatic heterocycles. The van der Waals surface area contributed by atoms with Crippen LogP contribution in [-0.4, -0.2) is 24.7 Å². The second-order valence-corrected chi connectivity index (χ2v) is 4.77. The lowest BCUT2D eigenvalue weighted by Gasteiger charge is -2.11. The number of carbonyl (C=O) groups is 1. The number of rotatable bonds is 2. The van der Waals surface area contributed by atoms with E-state index in [0.717, 1.165) is 0 Å². The predicted octanol–water partition coefficient (Wildman–Crippen LogP) is 2.23. The van der Waals surface area contributed by atoms with Gasteiger partial charge in [-0.05, 0) is 34.1 Å². The molecule has 0 spiro atoms. The molecule has 2 unspecified atom stereocenters. The van der Waals surface area contributed by atoms with Crippen molar-refractivity contribution in [3.63, 3.8) is 0 Å². The number of carbonyl (C=O) groups excluding carboxylic acids is 1. The molecule has 1 fully saturated rings. The third-order valence-corrected chi connectivity index (χ3v) is 3.19. The molecular weight excluding hydrogens is 294 g/mol. The van der Waals surface area contributed by atoms with Crippen LogP contribution in [0.5, 0.6) is 0 Å². The average Bonchev–Trinajstić information content (AvgIpc) is 2.70. The fourth-order valence-corrected chi connectivity index (χ4v) is 2.07. The normalized spacial score (nSPS) is 23.7. The summed E-state index contributed by atoms with van der Waals surface area (Å²) in [7, 11) is 0. The summed E-state index contributed by atoms with van der Waals surface area (Å²) in [4.78, 5) is 11.7. The third kappa shape index (κ3) is 3.01. The van der Waals surface area contributed by atoms with Crippen molar-refractivity contribution in [2.24, 2.45) is 0 Å². The van der Waals surface area contributed by atoms with Crippen LogP contribution in [0.2, 0.25) is 0 Å². The van der Waals surface area contributed by atoms with Gasteiger partial charge in [0.05, 0.1) is 10.5 Å². The quantitative estimate of drug-likeness (QED) is 0.880. The zero-order chi connectivity index (χ0) is 12.4. The molecular formula is C11H11BrF2N2O. The maximum absolute atomic E-state index is 13.0. The molecule has 1 saturated heterocycles. The second-order valence-electron chi connectivity index (χ2n) is 3.91. The number of hydrogen-bond donors (Lipinski definition) is 2. The Morgan fingerprint density at radius 1 is 1.53 bits per heavy atom. The van der Waals surface area contributed by atoms with Crippen LogP contribution in [0, 0.1) is 5.82 Å². The first-order chi connectivity index (χ1) is 8.06. The lowest BCUT2D eigenvalue weighted by atomic mass is 10.2. The van der Waals surface area contributed by atoms with Crippen LogP contribution >= 0.6 is 15.9 Å². The Morgan fingerprint density at radius 2 is 2.29 bits per heavy atom. The Morgan fingerprint density at radius 3 is 2.88 bits per heavy atom. The van der Waals surface area contributed by atoms with Crippen molar-refractivity contribution in [2.75, 3.05) is 11.9 Å². The van der Waals surface area contributed by atoms with Gasteiger partial charge in [-0.25, -0.2) is 8.78 Å². The second kappa shape index (κ2) is 5.10. The van der Waals surface area contributed by atoms with Crippen molar-refractivity contribution in [3.8, 4) is 0 Å². The van der Waals surface area contributed by atoms with Gasteiger partial charge in [0.15, 0.2) is 0 Å². The Labute approximate surface area is 106 Å². The van der Waals surface area contributed by atoms with E-state index in [1.165, 1.54) is 18.2 Å². The van der Waals surface area contributed by atoms with Crippen molar-refractivity contribution < 1.29 is 13.6 Å². The molecule has 0 aromatic heterocycles. The molecule has 1 aliphatic rings. The highest BCUT2D eigenvalue weighted by Gasteiger charge is 2.29. The summed E-state index contributed by atoms with van der Waals surface area (Å²) in [5, 5.41) is 5.39. The van der Waals surface area contributed by atoms with E-state index < -0.39 is 18.0 Å². The number of amides is 1. The Kier molecular flexibility index (Phi) is 3.73. The van der Waals surface area contributed by atoms with E-state index in [0.29, 0.717) is 5.69 Å². The molecule has 0 saturated carbocycles. The summed E-state index contributed by atoms with van der Waals surface area (Å²) >= 11 is 3.03. The highest BCUT2D eigenvalue weighted by molar-refractivity contribution is 9.10. The van der Waals surface area contributed by atoms with Gasteiger partial charge in [-0.3, -0.25) is 4.79 Å². The first kappa shape index (κ1) is 12.4. The summed E-state index contributed by atoms with van der Waals surface area (Å²) in [5.41, 5.74) is 0.479. The van der Waals surface area contributed by atoms with Crippen LogP contribution < -0.4 is 10.6 Å². The minimum Gasteiger partial charge on any atom is -0.325 e. The maximum atomic E-state index is 13.0. The van der Waals surface area contributed by atoms with E-state index in [4.69, 9.17) is 0 Å². The van der Waals surface area contributed by atoms with E-state index in [1.807, 2.05) is 0 Å². The zero-order valence-electron chi connectivity index (χ0n) is 8.84. The van der Waals surface area contributed by atoms with E-state index in [1.54, 1.807) is 0 Å². The molecule has 1 aromatic rings. The number of hydrogen-bond acceptors (Lipinski definition) is 2. The molecule has 0 aliphatic carbocycles. The van der Waals surface area contributed by atoms with Crippen molar-refractivity contribution in [3.05, 3.63) is 28.5 Å². The van der Waals surface area contributed by atoms with Crippen molar-refractivity contribution in [2.45, 2.75) is 18.6 Å². The van der Waals surface area contributed by atoms with Gasteiger partial charge in [-0.15, -0.1) is 0 Å². The lowest BCUT2D eigenvalue weighted by molar-refractivity contribution is -0.117. The Bertz CT molecular complexity index is 441. The highest BCUT2D eigenvalue weighted by Crippen LogP contribution is 2.20. The fourth-order valence-electron chi connectivity index (χ4n) is 1.70. The summed E-state index contributed by atoms with van der Waals surface area (Å²) in [6.07, 6.45) is -0.806. The Balaban J connectivity index is 2.00. The average molecular weight is 305 g/mol. The summed E-state index contributed by atoms with van der Waals surface area (Å²) < 4.78 is 26.1. The molecule has 2 N–H and O–H groups in total. The fraction of sp³-hybridized carbons (Fsp3) is 0.364. The molecule has 1 heterocycles. The molecule has 92 valence electrons. The third-order valence-electron chi connectivity index (χ3n) is 2.58. The molecule has 0 radical (unpaired) electrons. The first-order valence-electron chi connectivity index (χ1n) is 5.19. The summed E-state index contributed by atoms with van der Waals surface area (Å²) in [5.74, 6) is -0.700. The van der Waals surface area contributed by atoms with Crippen LogP contribution in [-0.2, 0) is 4.79 Å². The minimum atomic E-state index is -0.981. The number of alkyl halides is 1. The summed E-state index contributed by atoms with van der Waals surface area (Å²) in [6, 6.07) is 3.66. The standard InChI is InChI=1S/C11H11BrF2N2O/c12-8-4-7(1-2-9(8)14)16-11(17)10-3-6(13)5-15-10/h1-2,4,6,10,15H,3,5H2,(H,16,17). The minimum absolute atomic E-state index is 0.175. The van der Waals surface area contributed by atoms with Crippen molar-refractivity contribution >= 4 is 27.5 Å². The highest BCUT2D eigenvalue weighted by atomic mass is 79.9. The number of benzene rings is 1. The molecule has 17 heavy (non-hydrogen) atoms. The predicted molar refractivity (Wildman–Crippen MR) is 64.0 cm³/mol. The van der Waals surface area contributed by atoms with Crippen molar-refractivity contribution in [1.82, 2.24) is 5.32 Å². The maximum Gasteiger partial charge on any atom is 0.241 e. The first-order valence-corrected chi connectivity index (χ1v) is 5.99. The molecule has 1 amide bonds. The van der Waals surface area contributed by atoms with Gasteiger partial charge in [-0.1, -0.05) is 0 Å². The number of nitrogens with one attached hydrogen (secondary N) is 2. The van der Waals surface area contributed by atoms with Gasteiger partial charge in [0, 0.05) is 18.7 Å². The molecule has 3 nitrogen and oxygen atoms in total. The van der Waals surface area contributed by atoms with E-state index in [2.05, 4.69) is 26.6 Å². The van der Waals surface area contributed by atoms with Gasteiger partial charge in [0.25, 0.3) is 0 Å². The van der Waals surface area contributed by atoms with Crippen LogP contribution in [0.15, 0.2) is 22.7 Å². The topological polar surface area (TPSA) is 41.1 Å². The lowest BCUT2D eigenvalue weighted by Crippen LogP contribution is -2.35. The van der Waals surface area contributed by atoms with Crippen LogP contribution in [0.25, 0.3) is 0 Å². The van der Waals surface area contributed by atoms with Crippen LogP contribution in [0.1, 0.15) is 6.42 Å². The molecule has 2 atom stereocenters. The van der Waals surface area contributed by atoms with Crippen LogP contribution in [0.3, 0.4) is 0 Å². The molecule has 6 heteroatoms. The molecule has 0 bridgehead atoms.